The Morgan fingerprint density at radius 3 is 2.12 bits per heavy atom. The number of rotatable bonds is 8. The quantitative estimate of drug-likeness (QED) is 0.579. The second-order valence-corrected chi connectivity index (χ2v) is 11.4. The van der Waals surface area contributed by atoms with Gasteiger partial charge >= 0.3 is 0 Å². The second kappa shape index (κ2) is 10.3. The zero-order valence-corrected chi connectivity index (χ0v) is 20.6. The van der Waals surface area contributed by atoms with E-state index in [1.165, 1.54) is 16.4 Å². The molecule has 7 nitrogen and oxygen atoms in total. The fourth-order valence-electron chi connectivity index (χ4n) is 4.39. The third kappa shape index (κ3) is 5.67. The van der Waals surface area contributed by atoms with E-state index in [0.717, 1.165) is 56.2 Å². The highest BCUT2D eigenvalue weighted by Crippen LogP contribution is 2.30. The van der Waals surface area contributed by atoms with Gasteiger partial charge in [-0.3, -0.25) is 9.59 Å². The van der Waals surface area contributed by atoms with E-state index in [4.69, 9.17) is 0 Å². The Balaban J connectivity index is 1.36. The molecule has 2 aromatic rings. The third-order valence-electron chi connectivity index (χ3n) is 6.86. The van der Waals surface area contributed by atoms with Crippen molar-refractivity contribution in [2.24, 2.45) is 5.92 Å². The van der Waals surface area contributed by atoms with Crippen molar-refractivity contribution in [3.63, 3.8) is 0 Å². The molecule has 2 saturated carbocycles. The molecule has 0 bridgehead atoms. The van der Waals surface area contributed by atoms with Crippen molar-refractivity contribution >= 4 is 27.5 Å². The zero-order chi connectivity index (χ0) is 24.3. The molecule has 0 saturated heterocycles. The topological polar surface area (TPSA) is 95.6 Å². The molecule has 2 aliphatic rings. The number of nitrogens with zero attached hydrogens (tertiary/aromatic N) is 1. The van der Waals surface area contributed by atoms with E-state index in [9.17, 15) is 18.0 Å². The molecule has 1 unspecified atom stereocenters. The van der Waals surface area contributed by atoms with Gasteiger partial charge in [0.2, 0.25) is 15.9 Å². The number of anilines is 1. The van der Waals surface area contributed by atoms with E-state index >= 15 is 0 Å². The smallest absolute Gasteiger partial charge is 0.251 e. The van der Waals surface area contributed by atoms with Gasteiger partial charge in [0.1, 0.15) is 0 Å². The average molecular weight is 484 g/mol. The summed E-state index contributed by atoms with van der Waals surface area (Å²) in [5.74, 6) is -0.0698. The molecule has 0 aliphatic heterocycles. The molecule has 8 heteroatoms. The van der Waals surface area contributed by atoms with Crippen LogP contribution in [-0.2, 0) is 14.8 Å². The van der Waals surface area contributed by atoms with Crippen LogP contribution >= 0.6 is 0 Å². The molecule has 0 aromatic heterocycles. The lowest BCUT2D eigenvalue weighted by molar-refractivity contribution is -0.117. The van der Waals surface area contributed by atoms with Crippen molar-refractivity contribution in [2.45, 2.75) is 68.8 Å². The van der Waals surface area contributed by atoms with Crippen molar-refractivity contribution in [2.75, 3.05) is 12.4 Å². The van der Waals surface area contributed by atoms with E-state index in [1.54, 1.807) is 19.2 Å². The van der Waals surface area contributed by atoms with E-state index in [2.05, 4.69) is 10.6 Å². The number of hydrogen-bond donors (Lipinski definition) is 2. The standard InChI is InChI=1S/C26H33N3O4S/c1-18(19-10-14-22(15-11-19)28-26(31)20-8-9-20)27-25(30)21-12-16-24(17-13-21)34(32,33)29(2)23-6-4-3-5-7-23/h10-18,20,23H,3-9H2,1-2H3,(H,27,30)(H,28,31). The molecule has 0 spiro atoms. The van der Waals surface area contributed by atoms with Gasteiger partial charge in [0, 0.05) is 30.3 Å². The summed E-state index contributed by atoms with van der Waals surface area (Å²) in [5, 5.41) is 5.85. The first kappa shape index (κ1) is 24.4. The molecule has 34 heavy (non-hydrogen) atoms. The molecule has 2 fully saturated rings. The van der Waals surface area contributed by atoms with Crippen LogP contribution in [0.3, 0.4) is 0 Å². The molecule has 1 atom stereocenters. The van der Waals surface area contributed by atoms with Gasteiger partial charge in [0.15, 0.2) is 0 Å². The first-order valence-electron chi connectivity index (χ1n) is 12.1. The van der Waals surface area contributed by atoms with Crippen LogP contribution < -0.4 is 10.6 Å². The maximum absolute atomic E-state index is 13.0. The van der Waals surface area contributed by atoms with Crippen LogP contribution in [0, 0.1) is 5.92 Å². The van der Waals surface area contributed by atoms with Gasteiger partial charge in [0.05, 0.1) is 10.9 Å². The van der Waals surface area contributed by atoms with Gasteiger partial charge in [-0.2, -0.15) is 4.31 Å². The molecule has 2 aromatic carbocycles. The molecule has 4 rings (SSSR count). The number of benzene rings is 2. The molecule has 2 aliphatic carbocycles. The molecule has 182 valence electrons. The van der Waals surface area contributed by atoms with Crippen LogP contribution in [0.1, 0.15) is 73.8 Å². The Kier molecular flexibility index (Phi) is 7.38. The summed E-state index contributed by atoms with van der Waals surface area (Å²) < 4.78 is 27.5. The summed E-state index contributed by atoms with van der Waals surface area (Å²) in [7, 11) is -1.94. The number of amides is 2. The first-order chi connectivity index (χ1) is 16.3. The summed E-state index contributed by atoms with van der Waals surface area (Å²) in [5.41, 5.74) is 2.06. The predicted octanol–water partition coefficient (Wildman–Crippen LogP) is 4.48. The van der Waals surface area contributed by atoms with Crippen molar-refractivity contribution in [1.82, 2.24) is 9.62 Å². The molecule has 2 amide bonds. The Bertz CT molecular complexity index is 1120. The van der Waals surface area contributed by atoms with Crippen LogP contribution in [0.2, 0.25) is 0 Å². The number of sulfonamides is 1. The van der Waals surface area contributed by atoms with Crippen LogP contribution in [0.5, 0.6) is 0 Å². The molecule has 0 heterocycles. The first-order valence-corrected chi connectivity index (χ1v) is 13.5. The SMILES string of the molecule is CC(NC(=O)c1ccc(S(=O)(=O)N(C)C2CCCCC2)cc1)c1ccc(NC(=O)C2CC2)cc1. The molecule has 0 radical (unpaired) electrons. The lowest BCUT2D eigenvalue weighted by Gasteiger charge is -2.30. The van der Waals surface area contributed by atoms with E-state index in [1.807, 2.05) is 31.2 Å². The minimum absolute atomic E-state index is 0.0380. The van der Waals surface area contributed by atoms with Crippen LogP contribution in [-0.4, -0.2) is 37.6 Å². The number of nitrogens with one attached hydrogen (secondary N) is 2. The van der Waals surface area contributed by atoms with Gasteiger partial charge in [0.25, 0.3) is 5.91 Å². The Labute approximate surface area is 202 Å². The molecule has 2 N–H and O–H groups in total. The second-order valence-electron chi connectivity index (χ2n) is 9.42. The summed E-state index contributed by atoms with van der Waals surface area (Å²) in [4.78, 5) is 24.8. The highest BCUT2D eigenvalue weighted by molar-refractivity contribution is 7.89. The van der Waals surface area contributed by atoms with Crippen molar-refractivity contribution in [3.05, 3.63) is 59.7 Å². The average Bonchev–Trinajstić information content (AvgIpc) is 3.70. The Morgan fingerprint density at radius 1 is 0.912 bits per heavy atom. The van der Waals surface area contributed by atoms with E-state index in [-0.39, 0.29) is 34.7 Å². The molecular weight excluding hydrogens is 450 g/mol. The monoisotopic (exact) mass is 483 g/mol. The lowest BCUT2D eigenvalue weighted by atomic mass is 9.96. The fraction of sp³-hybridized carbons (Fsp3) is 0.462. The van der Waals surface area contributed by atoms with Crippen LogP contribution in [0.25, 0.3) is 0 Å². The largest absolute Gasteiger partial charge is 0.346 e. The Hall–Kier alpha value is -2.71. The maximum atomic E-state index is 13.0. The van der Waals surface area contributed by atoms with Crippen LogP contribution in [0.4, 0.5) is 5.69 Å². The number of hydrogen-bond acceptors (Lipinski definition) is 4. The van der Waals surface area contributed by atoms with E-state index in [0.29, 0.717) is 5.56 Å². The number of carbonyl (C=O) groups is 2. The summed E-state index contributed by atoms with van der Waals surface area (Å²) in [6.07, 6.45) is 6.96. The Morgan fingerprint density at radius 2 is 1.53 bits per heavy atom. The minimum atomic E-state index is -3.59. The van der Waals surface area contributed by atoms with Crippen LogP contribution in [0.15, 0.2) is 53.4 Å². The lowest BCUT2D eigenvalue weighted by Crippen LogP contribution is -2.38. The fourth-order valence-corrected chi connectivity index (χ4v) is 5.81. The van der Waals surface area contributed by atoms with Crippen molar-refractivity contribution < 1.29 is 18.0 Å². The zero-order valence-electron chi connectivity index (χ0n) is 19.8. The number of carbonyl (C=O) groups excluding carboxylic acids is 2. The van der Waals surface area contributed by atoms with Crippen molar-refractivity contribution in [3.8, 4) is 0 Å². The summed E-state index contributed by atoms with van der Waals surface area (Å²) in [6, 6.07) is 13.3. The van der Waals surface area contributed by atoms with Gasteiger partial charge in [-0.25, -0.2) is 8.42 Å². The molecular formula is C26H33N3O4S. The summed E-state index contributed by atoms with van der Waals surface area (Å²) >= 11 is 0. The van der Waals surface area contributed by atoms with Gasteiger partial charge in [-0.1, -0.05) is 31.4 Å². The van der Waals surface area contributed by atoms with Crippen molar-refractivity contribution in [1.29, 1.82) is 0 Å². The minimum Gasteiger partial charge on any atom is -0.346 e. The van der Waals surface area contributed by atoms with E-state index < -0.39 is 10.0 Å². The highest BCUT2D eigenvalue weighted by atomic mass is 32.2. The highest BCUT2D eigenvalue weighted by Gasteiger charge is 2.30. The van der Waals surface area contributed by atoms with Gasteiger partial charge in [-0.05, 0) is 74.6 Å². The van der Waals surface area contributed by atoms with Gasteiger partial charge < -0.3 is 10.6 Å². The van der Waals surface area contributed by atoms with Gasteiger partial charge in [-0.15, -0.1) is 0 Å². The normalized spacial score (nSPS) is 17.9. The predicted molar refractivity (Wildman–Crippen MR) is 132 cm³/mol. The maximum Gasteiger partial charge on any atom is 0.251 e. The third-order valence-corrected chi connectivity index (χ3v) is 8.78. The summed E-state index contributed by atoms with van der Waals surface area (Å²) in [6.45, 7) is 1.88.